The lowest BCUT2D eigenvalue weighted by Gasteiger charge is -2.30. The molecule has 0 unspecified atom stereocenters. The summed E-state index contributed by atoms with van der Waals surface area (Å²) in [5.41, 5.74) is 0.923. The molecule has 0 saturated heterocycles. The van der Waals surface area contributed by atoms with Crippen LogP contribution in [0.4, 0.5) is 10.1 Å². The zero-order valence-corrected chi connectivity index (χ0v) is 12.6. The van der Waals surface area contributed by atoms with Gasteiger partial charge in [-0.15, -0.1) is 0 Å². The largest absolute Gasteiger partial charge is 0.492 e. The molecule has 1 aliphatic carbocycles. The average Bonchev–Trinajstić information content (AvgIpc) is 2.44. The van der Waals surface area contributed by atoms with Crippen LogP contribution in [0.5, 0.6) is 5.75 Å². The number of hydrogen-bond donors (Lipinski definition) is 1. The molecule has 112 valence electrons. The summed E-state index contributed by atoms with van der Waals surface area (Å²) in [7, 11) is 0. The molecule has 0 radical (unpaired) electrons. The zero-order valence-electron chi connectivity index (χ0n) is 12.6. The second kappa shape index (κ2) is 7.51. The van der Waals surface area contributed by atoms with E-state index < -0.39 is 0 Å². The molecule has 1 fully saturated rings. The van der Waals surface area contributed by atoms with Crippen LogP contribution in [0, 0.1) is 11.7 Å². The average molecular weight is 279 g/mol. The van der Waals surface area contributed by atoms with Crippen molar-refractivity contribution in [2.45, 2.75) is 58.4 Å². The fraction of sp³-hybridized carbons (Fsp3) is 0.647. The Kier molecular flexibility index (Phi) is 5.69. The Balaban J connectivity index is 1.93. The first-order valence-corrected chi connectivity index (χ1v) is 7.91. The number of benzene rings is 1. The molecule has 0 aromatic heterocycles. The number of nitrogens with one attached hydrogen (secondary N) is 1. The minimum absolute atomic E-state index is 0.245. The van der Waals surface area contributed by atoms with Gasteiger partial charge in [0, 0.05) is 12.1 Å². The van der Waals surface area contributed by atoms with E-state index in [0.29, 0.717) is 18.4 Å². The monoisotopic (exact) mass is 279 g/mol. The van der Waals surface area contributed by atoms with E-state index in [-0.39, 0.29) is 5.82 Å². The maximum absolute atomic E-state index is 13.3. The number of anilines is 1. The van der Waals surface area contributed by atoms with Crippen LogP contribution in [0.1, 0.15) is 52.4 Å². The van der Waals surface area contributed by atoms with Gasteiger partial charge in [-0.05, 0) is 50.7 Å². The van der Waals surface area contributed by atoms with Crippen LogP contribution in [-0.2, 0) is 0 Å². The van der Waals surface area contributed by atoms with Crippen molar-refractivity contribution in [1.82, 2.24) is 0 Å². The number of halogens is 1. The molecule has 0 heterocycles. The van der Waals surface area contributed by atoms with Gasteiger partial charge in [0.15, 0.2) is 0 Å². The quantitative estimate of drug-likeness (QED) is 0.791. The standard InChI is InChI=1S/C17H26FNO/c1-3-5-13-6-9-15(10-7-13)19-16-11-8-14(18)12-17(16)20-4-2/h8,11-13,15,19H,3-7,9-10H2,1-2H3. The lowest BCUT2D eigenvalue weighted by molar-refractivity contribution is 0.316. The summed E-state index contributed by atoms with van der Waals surface area (Å²) in [4.78, 5) is 0. The van der Waals surface area contributed by atoms with Crippen molar-refractivity contribution in [3.05, 3.63) is 24.0 Å². The van der Waals surface area contributed by atoms with Crippen LogP contribution < -0.4 is 10.1 Å². The van der Waals surface area contributed by atoms with E-state index in [1.165, 1.54) is 50.7 Å². The van der Waals surface area contributed by atoms with Gasteiger partial charge in [0.25, 0.3) is 0 Å². The van der Waals surface area contributed by atoms with Crippen molar-refractivity contribution in [1.29, 1.82) is 0 Å². The zero-order chi connectivity index (χ0) is 14.4. The summed E-state index contributed by atoms with van der Waals surface area (Å²) < 4.78 is 18.8. The normalized spacial score (nSPS) is 22.6. The summed E-state index contributed by atoms with van der Waals surface area (Å²) in [5, 5.41) is 3.53. The lowest BCUT2D eigenvalue weighted by atomic mass is 9.83. The first-order chi connectivity index (χ1) is 9.72. The van der Waals surface area contributed by atoms with Crippen molar-refractivity contribution in [2.75, 3.05) is 11.9 Å². The van der Waals surface area contributed by atoms with Crippen molar-refractivity contribution >= 4 is 5.69 Å². The Hall–Kier alpha value is -1.25. The molecule has 1 aliphatic rings. The van der Waals surface area contributed by atoms with Crippen molar-refractivity contribution in [3.63, 3.8) is 0 Å². The van der Waals surface area contributed by atoms with Crippen LogP contribution in [0.25, 0.3) is 0 Å². The minimum Gasteiger partial charge on any atom is -0.492 e. The molecule has 1 aromatic rings. The molecular weight excluding hydrogens is 253 g/mol. The number of rotatable bonds is 6. The smallest absolute Gasteiger partial charge is 0.145 e. The van der Waals surface area contributed by atoms with E-state index in [1.54, 1.807) is 6.07 Å². The highest BCUT2D eigenvalue weighted by atomic mass is 19.1. The van der Waals surface area contributed by atoms with Crippen molar-refractivity contribution in [2.24, 2.45) is 5.92 Å². The third kappa shape index (κ3) is 4.12. The van der Waals surface area contributed by atoms with Gasteiger partial charge >= 0.3 is 0 Å². The minimum atomic E-state index is -0.245. The van der Waals surface area contributed by atoms with E-state index in [1.807, 2.05) is 6.92 Å². The Bertz CT molecular complexity index is 413. The van der Waals surface area contributed by atoms with Crippen LogP contribution in [0.3, 0.4) is 0 Å². The molecule has 0 atom stereocenters. The van der Waals surface area contributed by atoms with E-state index in [0.717, 1.165) is 11.6 Å². The highest BCUT2D eigenvalue weighted by Crippen LogP contribution is 2.32. The fourth-order valence-electron chi connectivity index (χ4n) is 3.11. The molecule has 20 heavy (non-hydrogen) atoms. The third-order valence-electron chi connectivity index (χ3n) is 4.15. The topological polar surface area (TPSA) is 21.3 Å². The number of ether oxygens (including phenoxy) is 1. The summed E-state index contributed by atoms with van der Waals surface area (Å²) >= 11 is 0. The molecule has 2 nitrogen and oxygen atoms in total. The van der Waals surface area contributed by atoms with Gasteiger partial charge in [-0.3, -0.25) is 0 Å². The van der Waals surface area contributed by atoms with Gasteiger partial charge in [-0.1, -0.05) is 19.8 Å². The SMILES string of the molecule is CCCC1CCC(Nc2ccc(F)cc2OCC)CC1. The van der Waals surface area contributed by atoms with Gasteiger partial charge in [0.1, 0.15) is 11.6 Å². The van der Waals surface area contributed by atoms with Crippen LogP contribution in [0.2, 0.25) is 0 Å². The van der Waals surface area contributed by atoms with E-state index >= 15 is 0 Å². The summed E-state index contributed by atoms with van der Waals surface area (Å²) in [6.07, 6.45) is 7.65. The Morgan fingerprint density at radius 3 is 2.60 bits per heavy atom. The first-order valence-electron chi connectivity index (χ1n) is 7.91. The summed E-state index contributed by atoms with van der Waals surface area (Å²) in [6.45, 7) is 4.74. The molecule has 0 aliphatic heterocycles. The maximum Gasteiger partial charge on any atom is 0.145 e. The maximum atomic E-state index is 13.3. The molecule has 0 bridgehead atoms. The van der Waals surface area contributed by atoms with Gasteiger partial charge < -0.3 is 10.1 Å². The Morgan fingerprint density at radius 1 is 1.20 bits per heavy atom. The first kappa shape index (κ1) is 15.1. The van der Waals surface area contributed by atoms with Gasteiger partial charge in [-0.2, -0.15) is 0 Å². The lowest BCUT2D eigenvalue weighted by Crippen LogP contribution is -2.26. The highest BCUT2D eigenvalue weighted by Gasteiger charge is 2.21. The Morgan fingerprint density at radius 2 is 1.95 bits per heavy atom. The van der Waals surface area contributed by atoms with E-state index in [2.05, 4.69) is 12.2 Å². The highest BCUT2D eigenvalue weighted by molar-refractivity contribution is 5.57. The molecule has 0 amide bonds. The van der Waals surface area contributed by atoms with E-state index in [9.17, 15) is 4.39 Å². The van der Waals surface area contributed by atoms with E-state index in [4.69, 9.17) is 4.74 Å². The summed E-state index contributed by atoms with van der Waals surface area (Å²) in [5.74, 6) is 1.28. The van der Waals surface area contributed by atoms with Crippen LogP contribution in [-0.4, -0.2) is 12.6 Å². The van der Waals surface area contributed by atoms with Crippen molar-refractivity contribution in [3.8, 4) is 5.75 Å². The Labute approximate surface area is 121 Å². The van der Waals surface area contributed by atoms with Gasteiger partial charge in [0.05, 0.1) is 12.3 Å². The predicted octanol–water partition coefficient (Wildman–Crippen LogP) is 5.00. The second-order valence-electron chi connectivity index (χ2n) is 5.72. The third-order valence-corrected chi connectivity index (χ3v) is 4.15. The molecular formula is C17H26FNO. The van der Waals surface area contributed by atoms with Crippen LogP contribution >= 0.6 is 0 Å². The second-order valence-corrected chi connectivity index (χ2v) is 5.72. The molecule has 1 N–H and O–H groups in total. The summed E-state index contributed by atoms with van der Waals surface area (Å²) in [6, 6.07) is 5.24. The molecule has 3 heteroatoms. The molecule has 1 saturated carbocycles. The van der Waals surface area contributed by atoms with Crippen LogP contribution in [0.15, 0.2) is 18.2 Å². The predicted molar refractivity (Wildman–Crippen MR) is 81.8 cm³/mol. The molecule has 1 aromatic carbocycles. The fourth-order valence-corrected chi connectivity index (χ4v) is 3.11. The van der Waals surface area contributed by atoms with Gasteiger partial charge in [-0.25, -0.2) is 4.39 Å². The van der Waals surface area contributed by atoms with Gasteiger partial charge in [0.2, 0.25) is 0 Å². The number of hydrogen-bond acceptors (Lipinski definition) is 2. The molecule has 2 rings (SSSR count). The molecule has 0 spiro atoms. The van der Waals surface area contributed by atoms with Crippen molar-refractivity contribution < 1.29 is 9.13 Å².